The summed E-state index contributed by atoms with van der Waals surface area (Å²) >= 11 is 9.01. The number of alkyl halides is 1. The number of nitrogens with zero attached hydrogens (tertiary/aromatic N) is 3. The zero-order valence-corrected chi connectivity index (χ0v) is 8.38. The van der Waals surface area contributed by atoms with Crippen molar-refractivity contribution in [2.45, 2.75) is 5.33 Å². The zero-order chi connectivity index (χ0) is 8.97. The Labute approximate surface area is 83.1 Å². The molecule has 62 valence electrons. The van der Waals surface area contributed by atoms with Gasteiger partial charge in [-0.15, -0.1) is 0 Å². The molecule has 0 spiro atoms. The SMILES string of the molecule is [N-]=[N+]=Nc1ccc(Cl)cc1CBr. The highest BCUT2D eigenvalue weighted by Crippen LogP contribution is 2.25. The third-order valence-electron chi connectivity index (χ3n) is 1.34. The average Bonchev–Trinajstić information content (AvgIpc) is 2.08. The van der Waals surface area contributed by atoms with Crippen molar-refractivity contribution in [3.63, 3.8) is 0 Å². The maximum absolute atomic E-state index is 8.22. The third-order valence-corrected chi connectivity index (χ3v) is 2.18. The van der Waals surface area contributed by atoms with Crippen molar-refractivity contribution < 1.29 is 0 Å². The predicted octanol–water partition coefficient (Wildman–Crippen LogP) is 4.18. The van der Waals surface area contributed by atoms with Gasteiger partial charge in [0.1, 0.15) is 0 Å². The predicted molar refractivity (Wildman–Crippen MR) is 52.9 cm³/mol. The zero-order valence-electron chi connectivity index (χ0n) is 6.04. The van der Waals surface area contributed by atoms with Gasteiger partial charge in [0.15, 0.2) is 0 Å². The van der Waals surface area contributed by atoms with Crippen LogP contribution in [0.1, 0.15) is 5.56 Å². The molecule has 0 radical (unpaired) electrons. The summed E-state index contributed by atoms with van der Waals surface area (Å²) in [6, 6.07) is 5.15. The number of rotatable bonds is 2. The van der Waals surface area contributed by atoms with Gasteiger partial charge in [-0.3, -0.25) is 0 Å². The van der Waals surface area contributed by atoms with Crippen molar-refractivity contribution in [1.82, 2.24) is 0 Å². The van der Waals surface area contributed by atoms with Crippen LogP contribution in [-0.2, 0) is 5.33 Å². The molecular formula is C7H5BrClN3. The van der Waals surface area contributed by atoms with Crippen LogP contribution in [0.4, 0.5) is 5.69 Å². The van der Waals surface area contributed by atoms with E-state index in [1.54, 1.807) is 18.2 Å². The van der Waals surface area contributed by atoms with Crippen molar-refractivity contribution >= 4 is 33.2 Å². The highest BCUT2D eigenvalue weighted by molar-refractivity contribution is 9.08. The average molecular weight is 246 g/mol. The fraction of sp³-hybridized carbons (Fsp3) is 0.143. The van der Waals surface area contributed by atoms with Crippen molar-refractivity contribution in [2.24, 2.45) is 5.11 Å². The Kier molecular flexibility index (Phi) is 3.41. The molecule has 1 rings (SSSR count). The van der Waals surface area contributed by atoms with Gasteiger partial charge in [-0.2, -0.15) is 0 Å². The van der Waals surface area contributed by atoms with E-state index >= 15 is 0 Å². The third kappa shape index (κ3) is 2.14. The minimum absolute atomic E-state index is 0.610. The lowest BCUT2D eigenvalue weighted by Gasteiger charge is -2.00. The highest BCUT2D eigenvalue weighted by atomic mass is 79.9. The minimum atomic E-state index is 0.610. The molecule has 0 unspecified atom stereocenters. The molecular weight excluding hydrogens is 241 g/mol. The van der Waals surface area contributed by atoms with Gasteiger partial charge < -0.3 is 0 Å². The van der Waals surface area contributed by atoms with Crippen LogP contribution in [0, 0.1) is 0 Å². The van der Waals surface area contributed by atoms with Crippen molar-refractivity contribution in [1.29, 1.82) is 0 Å². The van der Waals surface area contributed by atoms with Crippen molar-refractivity contribution in [3.8, 4) is 0 Å². The minimum Gasteiger partial charge on any atom is -0.0876 e. The van der Waals surface area contributed by atoms with Gasteiger partial charge in [0.2, 0.25) is 0 Å². The molecule has 0 N–H and O–H groups in total. The molecule has 12 heavy (non-hydrogen) atoms. The lowest BCUT2D eigenvalue weighted by Crippen LogP contribution is -1.77. The van der Waals surface area contributed by atoms with Crippen LogP contribution in [0.5, 0.6) is 0 Å². The van der Waals surface area contributed by atoms with Gasteiger partial charge in [-0.05, 0) is 23.2 Å². The second-order valence-corrected chi connectivity index (χ2v) is 3.09. The van der Waals surface area contributed by atoms with E-state index in [1.807, 2.05) is 0 Å². The molecule has 1 aromatic carbocycles. The number of hydrogen-bond donors (Lipinski definition) is 0. The van der Waals surface area contributed by atoms with Crippen LogP contribution < -0.4 is 0 Å². The summed E-state index contributed by atoms with van der Waals surface area (Å²) in [6.45, 7) is 0. The quantitative estimate of drug-likeness (QED) is 0.325. The fourth-order valence-corrected chi connectivity index (χ4v) is 1.45. The smallest absolute Gasteiger partial charge is 0.0416 e. The fourth-order valence-electron chi connectivity index (χ4n) is 0.807. The van der Waals surface area contributed by atoms with Gasteiger partial charge in [-0.25, -0.2) is 0 Å². The van der Waals surface area contributed by atoms with E-state index in [9.17, 15) is 0 Å². The second-order valence-electron chi connectivity index (χ2n) is 2.10. The van der Waals surface area contributed by atoms with Gasteiger partial charge in [0, 0.05) is 21.0 Å². The van der Waals surface area contributed by atoms with Crippen molar-refractivity contribution in [3.05, 3.63) is 39.2 Å². The first-order chi connectivity index (χ1) is 5.77. The van der Waals surface area contributed by atoms with Gasteiger partial charge >= 0.3 is 0 Å². The summed E-state index contributed by atoms with van der Waals surface area (Å²) in [4.78, 5) is 2.71. The van der Waals surface area contributed by atoms with E-state index in [0.29, 0.717) is 16.0 Å². The standard InChI is InChI=1S/C7H5BrClN3/c8-4-5-3-6(9)1-2-7(5)11-12-10/h1-3H,4H2. The van der Waals surface area contributed by atoms with Gasteiger partial charge in [-0.1, -0.05) is 38.7 Å². The molecule has 1 aromatic rings. The Balaban J connectivity index is 3.19. The normalized spacial score (nSPS) is 9.17. The van der Waals surface area contributed by atoms with Crippen LogP contribution in [-0.4, -0.2) is 0 Å². The Morgan fingerprint density at radius 1 is 1.58 bits per heavy atom. The summed E-state index contributed by atoms with van der Waals surface area (Å²) in [5.74, 6) is 0. The molecule has 0 saturated carbocycles. The van der Waals surface area contributed by atoms with Crippen LogP contribution in [0.15, 0.2) is 23.3 Å². The monoisotopic (exact) mass is 245 g/mol. The molecule has 0 fully saturated rings. The highest BCUT2D eigenvalue weighted by Gasteiger charge is 1.98. The summed E-state index contributed by atoms with van der Waals surface area (Å²) in [7, 11) is 0. The Hall–Kier alpha value is -0.700. The number of benzene rings is 1. The van der Waals surface area contributed by atoms with E-state index in [0.717, 1.165) is 5.56 Å². The summed E-state index contributed by atoms with van der Waals surface area (Å²) in [5.41, 5.74) is 9.72. The molecule has 3 nitrogen and oxygen atoms in total. The van der Waals surface area contributed by atoms with Crippen molar-refractivity contribution in [2.75, 3.05) is 0 Å². The maximum Gasteiger partial charge on any atom is 0.0416 e. The van der Waals surface area contributed by atoms with Crippen LogP contribution in [0.25, 0.3) is 10.4 Å². The largest absolute Gasteiger partial charge is 0.0876 e. The number of halogens is 2. The van der Waals surface area contributed by atoms with Gasteiger partial charge in [0.05, 0.1) is 0 Å². The molecule has 0 aliphatic carbocycles. The van der Waals surface area contributed by atoms with Gasteiger partial charge in [0.25, 0.3) is 0 Å². The summed E-state index contributed by atoms with van der Waals surface area (Å²) < 4.78 is 0. The molecule has 0 saturated heterocycles. The number of hydrogen-bond acceptors (Lipinski definition) is 1. The molecule has 0 atom stereocenters. The molecule has 0 aliphatic rings. The molecule has 5 heteroatoms. The molecule has 0 aliphatic heterocycles. The molecule has 0 amide bonds. The summed E-state index contributed by atoms with van der Waals surface area (Å²) in [5, 5.41) is 4.78. The molecule has 0 bridgehead atoms. The lowest BCUT2D eigenvalue weighted by atomic mass is 10.2. The second kappa shape index (κ2) is 4.36. The van der Waals surface area contributed by atoms with E-state index in [-0.39, 0.29) is 0 Å². The Morgan fingerprint density at radius 3 is 2.92 bits per heavy atom. The van der Waals surface area contributed by atoms with Crippen LogP contribution in [0.3, 0.4) is 0 Å². The first-order valence-corrected chi connectivity index (χ1v) is 4.67. The maximum atomic E-state index is 8.22. The molecule has 0 heterocycles. The lowest BCUT2D eigenvalue weighted by molar-refractivity contribution is 1.36. The van der Waals surface area contributed by atoms with Crippen LogP contribution in [0.2, 0.25) is 5.02 Å². The topological polar surface area (TPSA) is 48.8 Å². The van der Waals surface area contributed by atoms with E-state index < -0.39 is 0 Å². The van der Waals surface area contributed by atoms with Crippen LogP contribution >= 0.6 is 27.5 Å². The van der Waals surface area contributed by atoms with E-state index in [1.165, 1.54) is 0 Å². The Bertz CT molecular complexity index is 333. The Morgan fingerprint density at radius 2 is 2.33 bits per heavy atom. The number of azide groups is 1. The first-order valence-electron chi connectivity index (χ1n) is 3.17. The summed E-state index contributed by atoms with van der Waals surface area (Å²) in [6.07, 6.45) is 0. The van der Waals surface area contributed by atoms with E-state index in [2.05, 4.69) is 26.0 Å². The first kappa shape index (κ1) is 9.39. The molecule has 0 aromatic heterocycles. The van der Waals surface area contributed by atoms with E-state index in [4.69, 9.17) is 17.1 Å².